The molecule has 0 spiro atoms. The van der Waals surface area contributed by atoms with Gasteiger partial charge in [-0.3, -0.25) is 5.32 Å². The van der Waals surface area contributed by atoms with Gasteiger partial charge in [0, 0.05) is 16.0 Å². The van der Waals surface area contributed by atoms with Gasteiger partial charge in [0.1, 0.15) is 21.5 Å². The lowest BCUT2D eigenvalue weighted by molar-refractivity contribution is 0.181. The van der Waals surface area contributed by atoms with Crippen molar-refractivity contribution in [3.8, 4) is 0 Å². The molecule has 0 radical (unpaired) electrons. The molecule has 0 aromatic carbocycles. The highest BCUT2D eigenvalue weighted by molar-refractivity contribution is 7.18. The minimum absolute atomic E-state index is 0.00666. The molecule has 3 aromatic rings. The summed E-state index contributed by atoms with van der Waals surface area (Å²) in [6.45, 7) is 6.85. The Labute approximate surface area is 149 Å². The fourth-order valence-electron chi connectivity index (χ4n) is 3.22. The smallest absolute Gasteiger partial charge is 0.146 e. The maximum atomic E-state index is 6.19. The van der Waals surface area contributed by atoms with Crippen molar-refractivity contribution in [1.29, 1.82) is 0 Å². The molecule has 1 aliphatic carbocycles. The van der Waals surface area contributed by atoms with E-state index < -0.39 is 0 Å². The molecule has 3 aromatic heterocycles. The summed E-state index contributed by atoms with van der Waals surface area (Å²) in [7, 11) is 0. The van der Waals surface area contributed by atoms with Crippen LogP contribution < -0.4 is 11.1 Å². The van der Waals surface area contributed by atoms with Crippen molar-refractivity contribution >= 4 is 38.7 Å². The van der Waals surface area contributed by atoms with Crippen LogP contribution in [0.4, 0.5) is 5.82 Å². The van der Waals surface area contributed by atoms with Gasteiger partial charge < -0.3 is 5.73 Å². The average molecular weight is 360 g/mol. The number of hydrogen-bond donors (Lipinski definition) is 2. The van der Waals surface area contributed by atoms with Gasteiger partial charge in [-0.1, -0.05) is 0 Å². The van der Waals surface area contributed by atoms with Crippen LogP contribution in [0.3, 0.4) is 0 Å². The Balaban J connectivity index is 1.60. The first-order valence-corrected chi connectivity index (χ1v) is 9.88. The normalized spacial score (nSPS) is 16.5. The molecule has 126 valence electrons. The zero-order chi connectivity index (χ0) is 16.9. The van der Waals surface area contributed by atoms with Gasteiger partial charge >= 0.3 is 0 Å². The van der Waals surface area contributed by atoms with Crippen LogP contribution in [-0.2, 0) is 12.1 Å². The summed E-state index contributed by atoms with van der Waals surface area (Å²) in [5.41, 5.74) is 8.47. The van der Waals surface area contributed by atoms with Crippen molar-refractivity contribution in [1.82, 2.24) is 20.3 Å². The predicted octanol–water partition coefficient (Wildman–Crippen LogP) is 3.82. The van der Waals surface area contributed by atoms with Crippen LogP contribution in [0.15, 0.2) is 5.38 Å². The third-order valence-corrected chi connectivity index (χ3v) is 7.19. The van der Waals surface area contributed by atoms with Crippen molar-refractivity contribution in [2.45, 2.75) is 52.1 Å². The number of thiazole rings is 1. The Morgan fingerprint density at radius 2 is 2.00 bits per heavy atom. The number of nitrogens with one attached hydrogen (secondary N) is 1. The van der Waals surface area contributed by atoms with Gasteiger partial charge in [-0.25, -0.2) is 15.0 Å². The number of nitrogens with two attached hydrogens (primary N) is 1. The molecule has 1 fully saturated rings. The number of hydrogen-bond acceptors (Lipinski definition) is 7. The Morgan fingerprint density at radius 1 is 1.21 bits per heavy atom. The second-order valence-corrected chi connectivity index (χ2v) is 8.63. The maximum absolute atomic E-state index is 6.19. The number of anilines is 1. The first-order chi connectivity index (χ1) is 11.5. The minimum Gasteiger partial charge on any atom is -0.383 e. The Hall–Kier alpha value is -1.57. The number of fused-ring (bicyclic) bond motifs is 1. The zero-order valence-electron chi connectivity index (χ0n) is 14.1. The number of rotatable bonds is 4. The topological polar surface area (TPSA) is 76.7 Å². The number of nitrogen functional groups attached to an aromatic ring is 1. The summed E-state index contributed by atoms with van der Waals surface area (Å²) in [6, 6.07) is 0. The van der Waals surface area contributed by atoms with E-state index >= 15 is 0 Å². The van der Waals surface area contributed by atoms with E-state index in [1.54, 1.807) is 22.7 Å². The van der Waals surface area contributed by atoms with E-state index in [9.17, 15) is 0 Å². The van der Waals surface area contributed by atoms with Crippen molar-refractivity contribution in [3.63, 3.8) is 0 Å². The second-order valence-electron chi connectivity index (χ2n) is 6.57. The van der Waals surface area contributed by atoms with Crippen LogP contribution in [0, 0.1) is 20.8 Å². The van der Waals surface area contributed by atoms with E-state index in [-0.39, 0.29) is 5.54 Å². The van der Waals surface area contributed by atoms with Gasteiger partial charge in [0.05, 0.1) is 17.5 Å². The van der Waals surface area contributed by atoms with Gasteiger partial charge in [0.2, 0.25) is 0 Å². The van der Waals surface area contributed by atoms with E-state index in [1.165, 1.54) is 21.9 Å². The average Bonchev–Trinajstić information content (AvgIpc) is 3.03. The number of aryl methyl sites for hydroxylation is 3. The van der Waals surface area contributed by atoms with Gasteiger partial charge in [0.25, 0.3) is 0 Å². The molecule has 24 heavy (non-hydrogen) atoms. The van der Waals surface area contributed by atoms with Gasteiger partial charge in [-0.2, -0.15) is 0 Å². The van der Waals surface area contributed by atoms with Gasteiger partial charge in [-0.05, 0) is 45.6 Å². The summed E-state index contributed by atoms with van der Waals surface area (Å²) in [5.74, 6) is 1.35. The monoisotopic (exact) mass is 359 g/mol. The summed E-state index contributed by atoms with van der Waals surface area (Å²) >= 11 is 3.43. The first-order valence-electron chi connectivity index (χ1n) is 8.18. The molecular formula is C17H21N5S2. The van der Waals surface area contributed by atoms with E-state index in [1.807, 2.05) is 6.92 Å². The Kier molecular flexibility index (Phi) is 3.82. The summed E-state index contributed by atoms with van der Waals surface area (Å²) in [6.07, 6.45) is 3.47. The molecule has 1 aliphatic rings. The first kappa shape index (κ1) is 15.9. The van der Waals surface area contributed by atoms with Crippen molar-refractivity contribution < 1.29 is 0 Å². The third-order valence-electron chi connectivity index (χ3n) is 4.92. The molecule has 1 saturated carbocycles. The van der Waals surface area contributed by atoms with Crippen LogP contribution in [-0.4, -0.2) is 15.0 Å². The summed E-state index contributed by atoms with van der Waals surface area (Å²) in [5, 5.41) is 7.98. The third kappa shape index (κ3) is 2.51. The van der Waals surface area contributed by atoms with Crippen molar-refractivity contribution in [2.24, 2.45) is 0 Å². The Bertz CT molecular complexity index is 907. The van der Waals surface area contributed by atoms with Crippen LogP contribution in [0.25, 0.3) is 10.2 Å². The SMILES string of the molecule is Cc1csc(C2(NCc3nc(N)c4c(C)c(C)sc4n3)CCC2)n1. The molecule has 3 N–H and O–H groups in total. The second kappa shape index (κ2) is 5.75. The van der Waals surface area contributed by atoms with E-state index in [0.29, 0.717) is 12.4 Å². The van der Waals surface area contributed by atoms with E-state index in [0.717, 1.165) is 34.6 Å². The fraction of sp³-hybridized carbons (Fsp3) is 0.471. The highest BCUT2D eigenvalue weighted by atomic mass is 32.1. The molecule has 0 aliphatic heterocycles. The molecular weight excluding hydrogens is 338 g/mol. The molecule has 7 heteroatoms. The number of thiophene rings is 1. The number of aromatic nitrogens is 3. The molecule has 4 rings (SSSR count). The summed E-state index contributed by atoms with van der Waals surface area (Å²) < 4.78 is 0. The lowest BCUT2D eigenvalue weighted by Crippen LogP contribution is -2.47. The minimum atomic E-state index is -0.00666. The highest BCUT2D eigenvalue weighted by Gasteiger charge is 2.40. The van der Waals surface area contributed by atoms with E-state index in [4.69, 9.17) is 15.7 Å². The quantitative estimate of drug-likeness (QED) is 0.740. The molecule has 0 amide bonds. The highest BCUT2D eigenvalue weighted by Crippen LogP contribution is 2.42. The Morgan fingerprint density at radius 3 is 2.62 bits per heavy atom. The number of nitrogens with zero attached hydrogens (tertiary/aromatic N) is 3. The van der Waals surface area contributed by atoms with Crippen molar-refractivity contribution in [3.05, 3.63) is 32.3 Å². The molecule has 3 heterocycles. The van der Waals surface area contributed by atoms with Crippen LogP contribution >= 0.6 is 22.7 Å². The van der Waals surface area contributed by atoms with E-state index in [2.05, 4.69) is 29.5 Å². The molecule has 0 saturated heterocycles. The predicted molar refractivity (Wildman–Crippen MR) is 101 cm³/mol. The maximum Gasteiger partial charge on any atom is 0.146 e. The zero-order valence-corrected chi connectivity index (χ0v) is 15.8. The molecule has 5 nitrogen and oxygen atoms in total. The van der Waals surface area contributed by atoms with Crippen LogP contribution in [0.2, 0.25) is 0 Å². The largest absolute Gasteiger partial charge is 0.383 e. The van der Waals surface area contributed by atoms with Gasteiger partial charge in [0.15, 0.2) is 0 Å². The molecule has 0 atom stereocenters. The lowest BCUT2D eigenvalue weighted by Gasteiger charge is -2.41. The standard InChI is InChI=1S/C17H21N5S2/c1-9-8-23-16(20-9)17(5-4-6-17)19-7-12-21-14(18)13-10(2)11(3)24-15(13)22-12/h8,19H,4-7H2,1-3H3,(H2,18,21,22). The fourth-order valence-corrected chi connectivity index (χ4v) is 5.31. The molecule has 0 bridgehead atoms. The van der Waals surface area contributed by atoms with Crippen LogP contribution in [0.5, 0.6) is 0 Å². The lowest BCUT2D eigenvalue weighted by atomic mass is 9.77. The van der Waals surface area contributed by atoms with Gasteiger partial charge in [-0.15, -0.1) is 22.7 Å². The van der Waals surface area contributed by atoms with Crippen molar-refractivity contribution in [2.75, 3.05) is 5.73 Å². The summed E-state index contributed by atoms with van der Waals surface area (Å²) in [4.78, 5) is 16.2. The van der Waals surface area contributed by atoms with Crippen LogP contribution in [0.1, 0.15) is 46.2 Å². The molecule has 0 unspecified atom stereocenters.